The summed E-state index contributed by atoms with van der Waals surface area (Å²) in [5.41, 5.74) is 8.55. The van der Waals surface area contributed by atoms with E-state index in [1.54, 1.807) is 32.6 Å². The molecule has 2 aromatic heterocycles. The summed E-state index contributed by atoms with van der Waals surface area (Å²) in [6.45, 7) is 0.943. The van der Waals surface area contributed by atoms with Crippen molar-refractivity contribution in [1.82, 2.24) is 23.8 Å². The second-order valence-corrected chi connectivity index (χ2v) is 7.94. The van der Waals surface area contributed by atoms with Crippen molar-refractivity contribution in [3.8, 4) is 11.1 Å². The maximum absolute atomic E-state index is 12.2. The lowest BCUT2D eigenvalue weighted by Gasteiger charge is -2.20. The fourth-order valence-electron chi connectivity index (χ4n) is 2.86. The monoisotopic (exact) mass is 336 g/mol. The van der Waals surface area contributed by atoms with Gasteiger partial charge in [-0.05, 0) is 24.1 Å². The largest absolute Gasteiger partial charge is 0.384 e. The molecule has 3 N–H and O–H groups in total. The summed E-state index contributed by atoms with van der Waals surface area (Å²) in [6.07, 6.45) is 4.15. The average molecular weight is 336 g/mol. The summed E-state index contributed by atoms with van der Waals surface area (Å²) in [7, 11) is -0.291. The number of hydrogen-bond acceptors (Lipinski definition) is 5. The molecule has 3 heterocycles. The van der Waals surface area contributed by atoms with E-state index in [-0.39, 0.29) is 5.92 Å². The number of hydrogen-bond donors (Lipinski definition) is 2. The Morgan fingerprint density at radius 3 is 2.91 bits per heavy atom. The first kappa shape index (κ1) is 15.9. The molecule has 1 saturated heterocycles. The van der Waals surface area contributed by atoms with Crippen molar-refractivity contribution in [2.45, 2.75) is 12.3 Å². The van der Waals surface area contributed by atoms with E-state index in [4.69, 9.17) is 5.73 Å². The van der Waals surface area contributed by atoms with Crippen LogP contribution in [0.3, 0.4) is 0 Å². The second-order valence-electron chi connectivity index (χ2n) is 5.80. The Bertz CT molecular complexity index is 801. The summed E-state index contributed by atoms with van der Waals surface area (Å²) in [5.74, 6) is 0.523. The molecule has 1 aliphatic heterocycles. The van der Waals surface area contributed by atoms with Crippen LogP contribution in [-0.4, -0.2) is 59.4 Å². The normalized spacial score (nSPS) is 19.5. The lowest BCUT2D eigenvalue weighted by atomic mass is 9.97. The summed E-state index contributed by atoms with van der Waals surface area (Å²) in [4.78, 5) is 3.99. The molecule has 0 bridgehead atoms. The van der Waals surface area contributed by atoms with Crippen molar-refractivity contribution in [3.05, 3.63) is 30.2 Å². The van der Waals surface area contributed by atoms with Gasteiger partial charge in [0.25, 0.3) is 10.2 Å². The standard InChI is InChI=1S/C14H20N6O2S/c1-19(2)23(21,22)20-6-4-11(9-20)14-12(8-17-18-14)10-3-5-16-13(15)7-10/h3,5,7-8,11H,4,6,9H2,1-2H3,(H2,15,16)(H,17,18)/t11-/m1/s1. The van der Waals surface area contributed by atoms with Crippen molar-refractivity contribution >= 4 is 16.0 Å². The highest BCUT2D eigenvalue weighted by molar-refractivity contribution is 7.86. The van der Waals surface area contributed by atoms with Crippen molar-refractivity contribution in [1.29, 1.82) is 0 Å². The van der Waals surface area contributed by atoms with E-state index in [9.17, 15) is 8.42 Å². The van der Waals surface area contributed by atoms with Crippen LogP contribution in [0.1, 0.15) is 18.0 Å². The van der Waals surface area contributed by atoms with Crippen LogP contribution in [0.2, 0.25) is 0 Å². The molecule has 0 aromatic carbocycles. The van der Waals surface area contributed by atoms with Gasteiger partial charge in [-0.15, -0.1) is 0 Å². The van der Waals surface area contributed by atoms with Crippen LogP contribution in [0, 0.1) is 0 Å². The maximum Gasteiger partial charge on any atom is 0.281 e. The van der Waals surface area contributed by atoms with Gasteiger partial charge in [0.1, 0.15) is 5.82 Å². The molecule has 0 amide bonds. The molecular weight excluding hydrogens is 316 g/mol. The Kier molecular flexibility index (Phi) is 4.09. The van der Waals surface area contributed by atoms with Gasteiger partial charge in [0.05, 0.1) is 6.20 Å². The van der Waals surface area contributed by atoms with Crippen LogP contribution in [0.15, 0.2) is 24.5 Å². The molecular formula is C14H20N6O2S. The lowest BCUT2D eigenvalue weighted by Crippen LogP contribution is -2.38. The summed E-state index contributed by atoms with van der Waals surface area (Å²) >= 11 is 0. The third-order valence-electron chi connectivity index (χ3n) is 4.11. The molecule has 0 radical (unpaired) electrons. The molecule has 1 aliphatic rings. The number of nitrogens with zero attached hydrogens (tertiary/aromatic N) is 4. The van der Waals surface area contributed by atoms with E-state index in [2.05, 4.69) is 15.2 Å². The second kappa shape index (κ2) is 5.91. The molecule has 9 heteroatoms. The number of pyridine rings is 1. The van der Waals surface area contributed by atoms with Crippen LogP contribution in [0.5, 0.6) is 0 Å². The molecule has 3 rings (SSSR count). The molecule has 0 spiro atoms. The third-order valence-corrected chi connectivity index (χ3v) is 6.01. The van der Waals surface area contributed by atoms with Crippen molar-refractivity contribution in [3.63, 3.8) is 0 Å². The topological polar surface area (TPSA) is 108 Å². The van der Waals surface area contributed by atoms with Crippen molar-refractivity contribution in [2.75, 3.05) is 32.9 Å². The van der Waals surface area contributed by atoms with Gasteiger partial charge in [-0.25, -0.2) is 4.98 Å². The van der Waals surface area contributed by atoms with E-state index in [0.29, 0.717) is 18.9 Å². The van der Waals surface area contributed by atoms with Gasteiger partial charge in [0.15, 0.2) is 0 Å². The van der Waals surface area contributed by atoms with E-state index in [1.165, 1.54) is 8.61 Å². The first-order valence-electron chi connectivity index (χ1n) is 7.32. The van der Waals surface area contributed by atoms with Crippen LogP contribution < -0.4 is 5.73 Å². The first-order chi connectivity index (χ1) is 10.9. The molecule has 1 atom stereocenters. The van der Waals surface area contributed by atoms with E-state index < -0.39 is 10.2 Å². The minimum absolute atomic E-state index is 0.0802. The minimum Gasteiger partial charge on any atom is -0.384 e. The zero-order valence-electron chi connectivity index (χ0n) is 13.1. The van der Waals surface area contributed by atoms with Crippen molar-refractivity contribution < 1.29 is 8.42 Å². The zero-order chi connectivity index (χ0) is 16.6. The van der Waals surface area contributed by atoms with Gasteiger partial charge >= 0.3 is 0 Å². The Balaban J connectivity index is 1.87. The number of aromatic amines is 1. The highest BCUT2D eigenvalue weighted by atomic mass is 32.2. The van der Waals surface area contributed by atoms with Gasteiger partial charge < -0.3 is 5.73 Å². The predicted octanol–water partition coefficient (Wildman–Crippen LogP) is 0.650. The molecule has 1 fully saturated rings. The molecule has 0 aliphatic carbocycles. The SMILES string of the molecule is CN(C)S(=O)(=O)N1CC[C@@H](c2[nH]ncc2-c2ccnc(N)c2)C1. The fourth-order valence-corrected chi connectivity index (χ4v) is 4.02. The number of nitrogen functional groups attached to an aromatic ring is 1. The van der Waals surface area contributed by atoms with Gasteiger partial charge in [0, 0.05) is 50.6 Å². The van der Waals surface area contributed by atoms with E-state index in [1.807, 2.05) is 6.07 Å². The highest BCUT2D eigenvalue weighted by Gasteiger charge is 2.35. The Morgan fingerprint density at radius 2 is 2.22 bits per heavy atom. The molecule has 0 saturated carbocycles. The first-order valence-corrected chi connectivity index (χ1v) is 8.72. The average Bonchev–Trinajstić information content (AvgIpc) is 3.16. The van der Waals surface area contributed by atoms with Crippen LogP contribution in [0.4, 0.5) is 5.82 Å². The Hall–Kier alpha value is -1.97. The zero-order valence-corrected chi connectivity index (χ0v) is 13.9. The summed E-state index contributed by atoms with van der Waals surface area (Å²) < 4.78 is 27.2. The Labute approximate surface area is 135 Å². The molecule has 0 unspecified atom stereocenters. The molecule has 2 aromatic rings. The Morgan fingerprint density at radius 1 is 1.43 bits per heavy atom. The summed E-state index contributed by atoms with van der Waals surface area (Å²) in [6, 6.07) is 3.66. The smallest absolute Gasteiger partial charge is 0.281 e. The summed E-state index contributed by atoms with van der Waals surface area (Å²) in [5, 5.41) is 7.15. The van der Waals surface area contributed by atoms with E-state index >= 15 is 0 Å². The fraction of sp³-hybridized carbons (Fsp3) is 0.429. The highest BCUT2D eigenvalue weighted by Crippen LogP contribution is 2.34. The minimum atomic E-state index is -3.38. The number of nitrogens with two attached hydrogens (primary N) is 1. The van der Waals surface area contributed by atoms with Gasteiger partial charge in [-0.2, -0.15) is 22.1 Å². The van der Waals surface area contributed by atoms with Crippen LogP contribution in [-0.2, 0) is 10.2 Å². The van der Waals surface area contributed by atoms with Crippen molar-refractivity contribution in [2.24, 2.45) is 0 Å². The lowest BCUT2D eigenvalue weighted by molar-refractivity contribution is 0.418. The number of rotatable bonds is 4. The van der Waals surface area contributed by atoms with E-state index in [0.717, 1.165) is 23.2 Å². The number of aromatic nitrogens is 3. The number of anilines is 1. The quantitative estimate of drug-likeness (QED) is 0.852. The predicted molar refractivity (Wildman–Crippen MR) is 87.8 cm³/mol. The molecule has 23 heavy (non-hydrogen) atoms. The van der Waals surface area contributed by atoms with Crippen LogP contribution in [0.25, 0.3) is 11.1 Å². The van der Waals surface area contributed by atoms with Gasteiger partial charge in [-0.1, -0.05) is 0 Å². The number of H-pyrrole nitrogens is 1. The molecule has 124 valence electrons. The number of nitrogens with one attached hydrogen (secondary N) is 1. The maximum atomic E-state index is 12.2. The van der Waals surface area contributed by atoms with Gasteiger partial charge in [-0.3, -0.25) is 5.10 Å². The third kappa shape index (κ3) is 2.94. The van der Waals surface area contributed by atoms with Crippen LogP contribution >= 0.6 is 0 Å². The molecule has 8 nitrogen and oxygen atoms in total. The van der Waals surface area contributed by atoms with Gasteiger partial charge in [0.2, 0.25) is 0 Å².